The molecule has 0 aromatic heterocycles. The Bertz CT molecular complexity index is 341. The van der Waals surface area contributed by atoms with E-state index in [0.29, 0.717) is 5.92 Å². The summed E-state index contributed by atoms with van der Waals surface area (Å²) in [5, 5.41) is 3.46. The van der Waals surface area contributed by atoms with Gasteiger partial charge in [-0.15, -0.1) is 6.58 Å². The molecule has 0 radical (unpaired) electrons. The third-order valence-corrected chi connectivity index (χ3v) is 2.80. The predicted octanol–water partition coefficient (Wildman–Crippen LogP) is 3.05. The minimum Gasteiger partial charge on any atom is -0.312 e. The Kier molecular flexibility index (Phi) is 6.69. The lowest BCUT2D eigenvalue weighted by Crippen LogP contribution is -2.19. The van der Waals surface area contributed by atoms with Crippen molar-refractivity contribution in [3.63, 3.8) is 0 Å². The SMILES string of the molecule is C=CCN(C)Cc1ccc(CNCC(C)C)cc1. The molecule has 1 aromatic carbocycles. The minimum atomic E-state index is 0.705. The lowest BCUT2D eigenvalue weighted by atomic mass is 10.1. The summed E-state index contributed by atoms with van der Waals surface area (Å²) in [4.78, 5) is 2.25. The van der Waals surface area contributed by atoms with Crippen LogP contribution in [0.2, 0.25) is 0 Å². The third-order valence-electron chi connectivity index (χ3n) is 2.80. The van der Waals surface area contributed by atoms with Crippen LogP contribution in [0.15, 0.2) is 36.9 Å². The molecule has 0 aliphatic rings. The zero-order valence-corrected chi connectivity index (χ0v) is 11.9. The maximum absolute atomic E-state index is 3.75. The van der Waals surface area contributed by atoms with Crippen LogP contribution in [-0.2, 0) is 13.1 Å². The van der Waals surface area contributed by atoms with E-state index < -0.39 is 0 Å². The van der Waals surface area contributed by atoms with Crippen LogP contribution in [0, 0.1) is 5.92 Å². The summed E-state index contributed by atoms with van der Waals surface area (Å²) in [5.41, 5.74) is 2.71. The molecular weight excluding hydrogens is 220 g/mol. The van der Waals surface area contributed by atoms with Gasteiger partial charge in [0, 0.05) is 19.6 Å². The average molecular weight is 246 g/mol. The maximum Gasteiger partial charge on any atom is 0.0233 e. The lowest BCUT2D eigenvalue weighted by molar-refractivity contribution is 0.363. The summed E-state index contributed by atoms with van der Waals surface area (Å²) in [5.74, 6) is 0.705. The Balaban J connectivity index is 2.39. The smallest absolute Gasteiger partial charge is 0.0233 e. The van der Waals surface area contributed by atoms with E-state index in [-0.39, 0.29) is 0 Å². The number of hydrogen-bond donors (Lipinski definition) is 1. The summed E-state index contributed by atoms with van der Waals surface area (Å²) in [6, 6.07) is 8.85. The topological polar surface area (TPSA) is 15.3 Å². The molecule has 0 saturated carbocycles. The van der Waals surface area contributed by atoms with Gasteiger partial charge in [-0.2, -0.15) is 0 Å². The summed E-state index contributed by atoms with van der Waals surface area (Å²) >= 11 is 0. The van der Waals surface area contributed by atoms with Crippen molar-refractivity contribution in [1.29, 1.82) is 0 Å². The van der Waals surface area contributed by atoms with E-state index in [1.165, 1.54) is 11.1 Å². The molecule has 0 saturated heterocycles. The molecule has 18 heavy (non-hydrogen) atoms. The number of rotatable bonds is 8. The quantitative estimate of drug-likeness (QED) is 0.709. The Morgan fingerprint density at radius 2 is 1.83 bits per heavy atom. The van der Waals surface area contributed by atoms with Crippen LogP contribution in [0.3, 0.4) is 0 Å². The van der Waals surface area contributed by atoms with E-state index in [1.54, 1.807) is 0 Å². The summed E-state index contributed by atoms with van der Waals surface area (Å²) in [6.45, 7) is 12.1. The molecule has 0 aliphatic heterocycles. The van der Waals surface area contributed by atoms with Gasteiger partial charge in [-0.1, -0.05) is 44.2 Å². The molecule has 0 atom stereocenters. The molecule has 1 aromatic rings. The van der Waals surface area contributed by atoms with Gasteiger partial charge in [0.1, 0.15) is 0 Å². The van der Waals surface area contributed by atoms with Gasteiger partial charge in [-0.05, 0) is 30.6 Å². The highest BCUT2D eigenvalue weighted by molar-refractivity contribution is 5.22. The molecule has 0 spiro atoms. The molecular formula is C16H26N2. The second-order valence-electron chi connectivity index (χ2n) is 5.33. The van der Waals surface area contributed by atoms with Crippen LogP contribution in [0.4, 0.5) is 0 Å². The van der Waals surface area contributed by atoms with Crippen LogP contribution in [0.1, 0.15) is 25.0 Å². The van der Waals surface area contributed by atoms with Gasteiger partial charge in [0.25, 0.3) is 0 Å². The van der Waals surface area contributed by atoms with Crippen molar-refractivity contribution in [2.24, 2.45) is 5.92 Å². The van der Waals surface area contributed by atoms with Gasteiger partial charge in [0.15, 0.2) is 0 Å². The molecule has 2 nitrogen and oxygen atoms in total. The first-order valence-electron chi connectivity index (χ1n) is 6.69. The van der Waals surface area contributed by atoms with Crippen molar-refractivity contribution >= 4 is 0 Å². The Hall–Kier alpha value is -1.12. The highest BCUT2D eigenvalue weighted by Crippen LogP contribution is 2.07. The van der Waals surface area contributed by atoms with Crippen molar-refractivity contribution in [1.82, 2.24) is 10.2 Å². The standard InChI is InChI=1S/C16H26N2/c1-5-10-18(4)13-16-8-6-15(7-9-16)12-17-11-14(2)3/h5-9,14,17H,1,10-13H2,2-4H3. The van der Waals surface area contributed by atoms with Crippen LogP contribution >= 0.6 is 0 Å². The second kappa shape index (κ2) is 8.06. The first-order valence-corrected chi connectivity index (χ1v) is 6.69. The molecule has 100 valence electrons. The van der Waals surface area contributed by atoms with Crippen LogP contribution in [-0.4, -0.2) is 25.0 Å². The molecule has 2 heteroatoms. The number of nitrogens with one attached hydrogen (secondary N) is 1. The molecule has 0 aliphatic carbocycles. The van der Waals surface area contributed by atoms with E-state index in [9.17, 15) is 0 Å². The molecule has 1 rings (SSSR count). The number of likely N-dealkylation sites (N-methyl/N-ethyl adjacent to an activating group) is 1. The lowest BCUT2D eigenvalue weighted by Gasteiger charge is -2.14. The van der Waals surface area contributed by atoms with Gasteiger partial charge in [-0.25, -0.2) is 0 Å². The fourth-order valence-corrected chi connectivity index (χ4v) is 1.86. The third kappa shape index (κ3) is 5.99. The van der Waals surface area contributed by atoms with Crippen LogP contribution < -0.4 is 5.32 Å². The Morgan fingerprint density at radius 1 is 1.22 bits per heavy atom. The number of nitrogens with zero attached hydrogens (tertiary/aromatic N) is 1. The Labute approximate surface area is 112 Å². The first kappa shape index (κ1) is 14.9. The van der Waals surface area contributed by atoms with E-state index >= 15 is 0 Å². The van der Waals surface area contributed by atoms with Gasteiger partial charge < -0.3 is 5.32 Å². The van der Waals surface area contributed by atoms with E-state index in [4.69, 9.17) is 0 Å². The van der Waals surface area contributed by atoms with Crippen molar-refractivity contribution in [3.05, 3.63) is 48.0 Å². The largest absolute Gasteiger partial charge is 0.312 e. The highest BCUT2D eigenvalue weighted by atomic mass is 15.1. The molecule has 0 amide bonds. The van der Waals surface area contributed by atoms with Crippen molar-refractivity contribution in [3.8, 4) is 0 Å². The zero-order valence-electron chi connectivity index (χ0n) is 11.9. The minimum absolute atomic E-state index is 0.705. The Morgan fingerprint density at radius 3 is 2.39 bits per heavy atom. The van der Waals surface area contributed by atoms with Gasteiger partial charge in [-0.3, -0.25) is 4.90 Å². The average Bonchev–Trinajstić information content (AvgIpc) is 2.31. The molecule has 0 fully saturated rings. The zero-order chi connectivity index (χ0) is 13.4. The first-order chi connectivity index (χ1) is 8.61. The molecule has 1 N–H and O–H groups in total. The summed E-state index contributed by atoms with van der Waals surface area (Å²) in [6.07, 6.45) is 1.93. The monoisotopic (exact) mass is 246 g/mol. The van der Waals surface area contributed by atoms with Gasteiger partial charge in [0.05, 0.1) is 0 Å². The fourth-order valence-electron chi connectivity index (χ4n) is 1.86. The van der Waals surface area contributed by atoms with Gasteiger partial charge >= 0.3 is 0 Å². The highest BCUT2D eigenvalue weighted by Gasteiger charge is 1.99. The fraction of sp³-hybridized carbons (Fsp3) is 0.500. The van der Waals surface area contributed by atoms with Crippen LogP contribution in [0.5, 0.6) is 0 Å². The van der Waals surface area contributed by atoms with Gasteiger partial charge in [0.2, 0.25) is 0 Å². The second-order valence-corrected chi connectivity index (χ2v) is 5.33. The van der Waals surface area contributed by atoms with Crippen LogP contribution in [0.25, 0.3) is 0 Å². The number of hydrogen-bond acceptors (Lipinski definition) is 2. The maximum atomic E-state index is 3.75. The normalized spacial score (nSPS) is 11.2. The van der Waals surface area contributed by atoms with E-state index in [0.717, 1.165) is 26.2 Å². The van der Waals surface area contributed by atoms with E-state index in [1.807, 2.05) is 6.08 Å². The summed E-state index contributed by atoms with van der Waals surface area (Å²) < 4.78 is 0. The molecule has 0 bridgehead atoms. The van der Waals surface area contributed by atoms with Crippen molar-refractivity contribution in [2.45, 2.75) is 26.9 Å². The van der Waals surface area contributed by atoms with Crippen molar-refractivity contribution in [2.75, 3.05) is 20.1 Å². The van der Waals surface area contributed by atoms with E-state index in [2.05, 4.69) is 62.0 Å². The van der Waals surface area contributed by atoms with Crippen molar-refractivity contribution < 1.29 is 0 Å². The predicted molar refractivity (Wildman–Crippen MR) is 79.5 cm³/mol. The molecule has 0 heterocycles. The summed E-state index contributed by atoms with van der Waals surface area (Å²) in [7, 11) is 2.11. The number of benzene rings is 1. The molecule has 0 unspecified atom stereocenters.